The van der Waals surface area contributed by atoms with E-state index in [1.165, 1.54) is 19.4 Å². The SMILES string of the molecule is COc1cc(/C=N\NC(=O)CC2(C)OCCO2)ccc1O. The Morgan fingerprint density at radius 1 is 1.52 bits per heavy atom. The lowest BCUT2D eigenvalue weighted by Gasteiger charge is -2.20. The Bertz CT molecular complexity index is 538. The molecule has 114 valence electrons. The van der Waals surface area contributed by atoms with Crippen molar-refractivity contribution in [1.29, 1.82) is 0 Å². The molecule has 1 heterocycles. The summed E-state index contributed by atoms with van der Waals surface area (Å²) in [6.07, 6.45) is 1.53. The first-order chi connectivity index (χ1) is 10.0. The minimum absolute atomic E-state index is 0.0436. The number of aromatic hydroxyl groups is 1. The van der Waals surface area contributed by atoms with Crippen molar-refractivity contribution >= 4 is 12.1 Å². The van der Waals surface area contributed by atoms with E-state index in [1.807, 2.05) is 0 Å². The number of hydrazone groups is 1. The van der Waals surface area contributed by atoms with Crippen LogP contribution in [0.2, 0.25) is 0 Å². The normalized spacial score (nSPS) is 17.0. The van der Waals surface area contributed by atoms with Gasteiger partial charge >= 0.3 is 0 Å². The molecule has 7 nitrogen and oxygen atoms in total. The molecule has 1 aliphatic heterocycles. The van der Waals surface area contributed by atoms with E-state index >= 15 is 0 Å². The molecule has 1 amide bonds. The number of amides is 1. The van der Waals surface area contributed by atoms with Crippen molar-refractivity contribution in [2.24, 2.45) is 5.10 Å². The average molecular weight is 294 g/mol. The standard InChI is InChI=1S/C14H18N2O5/c1-14(20-5-6-21-14)8-13(18)16-15-9-10-3-4-11(17)12(7-10)19-2/h3-4,7,9,17H,5-6,8H2,1-2H3,(H,16,18)/b15-9-. The summed E-state index contributed by atoms with van der Waals surface area (Å²) >= 11 is 0. The molecule has 0 saturated carbocycles. The van der Waals surface area contributed by atoms with Gasteiger partial charge in [-0.1, -0.05) is 0 Å². The topological polar surface area (TPSA) is 89.4 Å². The third-order valence-corrected chi connectivity index (χ3v) is 2.99. The highest BCUT2D eigenvalue weighted by Crippen LogP contribution is 2.25. The van der Waals surface area contributed by atoms with E-state index in [2.05, 4.69) is 10.5 Å². The van der Waals surface area contributed by atoms with Crippen LogP contribution in [0.25, 0.3) is 0 Å². The summed E-state index contributed by atoms with van der Waals surface area (Å²) in [6.45, 7) is 2.69. The fraction of sp³-hybridized carbons (Fsp3) is 0.429. The molecule has 0 radical (unpaired) electrons. The van der Waals surface area contributed by atoms with Crippen molar-refractivity contribution in [1.82, 2.24) is 5.43 Å². The molecule has 1 saturated heterocycles. The van der Waals surface area contributed by atoms with E-state index in [-0.39, 0.29) is 18.1 Å². The quantitative estimate of drug-likeness (QED) is 0.625. The minimum Gasteiger partial charge on any atom is -0.504 e. The molecule has 1 aromatic carbocycles. The lowest BCUT2D eigenvalue weighted by molar-refractivity contribution is -0.159. The number of carbonyl (C=O) groups excluding carboxylic acids is 1. The molecule has 0 spiro atoms. The van der Waals surface area contributed by atoms with Gasteiger partial charge in [-0.3, -0.25) is 4.79 Å². The van der Waals surface area contributed by atoms with Crippen LogP contribution >= 0.6 is 0 Å². The highest BCUT2D eigenvalue weighted by molar-refractivity contribution is 5.83. The maximum Gasteiger partial charge on any atom is 0.245 e. The maximum atomic E-state index is 11.7. The third-order valence-electron chi connectivity index (χ3n) is 2.99. The predicted octanol–water partition coefficient (Wildman–Crippen LogP) is 1.00. The Morgan fingerprint density at radius 2 is 2.24 bits per heavy atom. The zero-order valence-electron chi connectivity index (χ0n) is 12.0. The molecule has 0 aliphatic carbocycles. The van der Waals surface area contributed by atoms with Crippen LogP contribution in [-0.4, -0.2) is 43.3 Å². The number of phenols is 1. The van der Waals surface area contributed by atoms with Crippen LogP contribution in [0.3, 0.4) is 0 Å². The van der Waals surface area contributed by atoms with Crippen LogP contribution in [0.15, 0.2) is 23.3 Å². The van der Waals surface area contributed by atoms with Crippen molar-refractivity contribution in [3.63, 3.8) is 0 Å². The fourth-order valence-corrected chi connectivity index (χ4v) is 1.94. The Hall–Kier alpha value is -2.12. The number of phenolic OH excluding ortho intramolecular Hbond substituents is 1. The van der Waals surface area contributed by atoms with Crippen LogP contribution in [-0.2, 0) is 14.3 Å². The first-order valence-corrected chi connectivity index (χ1v) is 6.49. The van der Waals surface area contributed by atoms with Crippen molar-refractivity contribution in [3.8, 4) is 11.5 Å². The van der Waals surface area contributed by atoms with E-state index < -0.39 is 5.79 Å². The molecular formula is C14H18N2O5. The highest BCUT2D eigenvalue weighted by Gasteiger charge is 2.33. The summed E-state index contributed by atoms with van der Waals surface area (Å²) in [5.41, 5.74) is 3.09. The molecule has 1 aromatic rings. The molecule has 1 aliphatic rings. The molecular weight excluding hydrogens is 276 g/mol. The summed E-state index contributed by atoms with van der Waals surface area (Å²) < 4.78 is 15.7. The zero-order chi connectivity index (χ0) is 15.3. The number of carbonyl (C=O) groups is 1. The average Bonchev–Trinajstić information content (AvgIpc) is 2.87. The lowest BCUT2D eigenvalue weighted by atomic mass is 10.2. The number of nitrogens with zero attached hydrogens (tertiary/aromatic N) is 1. The summed E-state index contributed by atoms with van der Waals surface area (Å²) in [5, 5.41) is 13.3. The van der Waals surface area contributed by atoms with Gasteiger partial charge in [-0.2, -0.15) is 5.10 Å². The number of ether oxygens (including phenoxy) is 3. The van der Waals surface area contributed by atoms with Gasteiger partial charge in [0.15, 0.2) is 17.3 Å². The first-order valence-electron chi connectivity index (χ1n) is 6.49. The van der Waals surface area contributed by atoms with Gasteiger partial charge in [0.2, 0.25) is 5.91 Å². The first kappa shape index (κ1) is 15.3. The summed E-state index contributed by atoms with van der Waals surface area (Å²) in [4.78, 5) is 11.7. The van der Waals surface area contributed by atoms with Crippen molar-refractivity contribution in [3.05, 3.63) is 23.8 Å². The Morgan fingerprint density at radius 3 is 2.90 bits per heavy atom. The van der Waals surface area contributed by atoms with Gasteiger partial charge in [0, 0.05) is 0 Å². The van der Waals surface area contributed by atoms with E-state index in [1.54, 1.807) is 19.1 Å². The molecule has 0 aromatic heterocycles. The second-order valence-corrected chi connectivity index (χ2v) is 4.73. The largest absolute Gasteiger partial charge is 0.504 e. The van der Waals surface area contributed by atoms with Crippen molar-refractivity contribution < 1.29 is 24.1 Å². The van der Waals surface area contributed by atoms with E-state index in [9.17, 15) is 9.90 Å². The molecule has 0 unspecified atom stereocenters. The molecule has 2 rings (SSSR count). The van der Waals surface area contributed by atoms with E-state index in [0.29, 0.717) is 24.5 Å². The Balaban J connectivity index is 1.88. The Labute approximate surface area is 122 Å². The third kappa shape index (κ3) is 4.17. The van der Waals surface area contributed by atoms with Crippen molar-refractivity contribution in [2.75, 3.05) is 20.3 Å². The molecule has 21 heavy (non-hydrogen) atoms. The van der Waals surface area contributed by atoms with Crippen molar-refractivity contribution in [2.45, 2.75) is 19.1 Å². The lowest BCUT2D eigenvalue weighted by Crippen LogP contribution is -2.33. The van der Waals surface area contributed by atoms with E-state index in [4.69, 9.17) is 14.2 Å². The number of methoxy groups -OCH3 is 1. The van der Waals surface area contributed by atoms with Gasteiger partial charge in [0.25, 0.3) is 0 Å². The Kier molecular flexibility index (Phi) is 4.77. The highest BCUT2D eigenvalue weighted by atomic mass is 16.7. The van der Waals surface area contributed by atoms with Gasteiger partial charge in [-0.15, -0.1) is 0 Å². The monoisotopic (exact) mass is 294 g/mol. The van der Waals surface area contributed by atoms with Crippen LogP contribution in [0.1, 0.15) is 18.9 Å². The van der Waals surface area contributed by atoms with Gasteiger partial charge in [0.1, 0.15) is 0 Å². The zero-order valence-corrected chi connectivity index (χ0v) is 12.0. The predicted molar refractivity (Wildman–Crippen MR) is 75.3 cm³/mol. The smallest absolute Gasteiger partial charge is 0.245 e. The number of hydrogen-bond acceptors (Lipinski definition) is 6. The molecule has 2 N–H and O–H groups in total. The van der Waals surface area contributed by atoms with Crippen LogP contribution in [0, 0.1) is 0 Å². The number of benzene rings is 1. The second-order valence-electron chi connectivity index (χ2n) is 4.73. The van der Waals surface area contributed by atoms with Gasteiger partial charge in [-0.25, -0.2) is 5.43 Å². The van der Waals surface area contributed by atoms with E-state index in [0.717, 1.165) is 0 Å². The fourth-order valence-electron chi connectivity index (χ4n) is 1.94. The van der Waals surface area contributed by atoms with Crippen LogP contribution in [0.4, 0.5) is 0 Å². The summed E-state index contributed by atoms with van der Waals surface area (Å²) in [5.74, 6) is -0.796. The molecule has 0 bridgehead atoms. The van der Waals surface area contributed by atoms with Gasteiger partial charge < -0.3 is 19.3 Å². The molecule has 1 fully saturated rings. The van der Waals surface area contributed by atoms with Crippen LogP contribution in [0.5, 0.6) is 11.5 Å². The summed E-state index contributed by atoms with van der Waals surface area (Å²) in [7, 11) is 1.46. The number of hydrogen-bond donors (Lipinski definition) is 2. The summed E-state index contributed by atoms with van der Waals surface area (Å²) in [6, 6.07) is 4.75. The number of rotatable bonds is 5. The minimum atomic E-state index is -0.874. The maximum absolute atomic E-state index is 11.7. The molecule has 7 heteroatoms. The molecule has 0 atom stereocenters. The van der Waals surface area contributed by atoms with Crippen LogP contribution < -0.4 is 10.2 Å². The van der Waals surface area contributed by atoms with Gasteiger partial charge in [0.05, 0.1) is 33.0 Å². The van der Waals surface area contributed by atoms with Gasteiger partial charge in [-0.05, 0) is 30.7 Å². The second kappa shape index (κ2) is 6.55. The number of nitrogens with one attached hydrogen (secondary N) is 1.